The second kappa shape index (κ2) is 12.1. The maximum Gasteiger partial charge on any atom is 0.470 e. The van der Waals surface area contributed by atoms with E-state index in [-0.39, 0.29) is 5.92 Å². The molecule has 2 atom stereocenters. The van der Waals surface area contributed by atoms with Crippen LogP contribution in [0.15, 0.2) is 23.8 Å². The number of phosphoric acid groups is 1. The zero-order valence-electron chi connectivity index (χ0n) is 17.0. The summed E-state index contributed by atoms with van der Waals surface area (Å²) in [5.74, 6) is -0.0248. The molecule has 0 aromatic rings. The molecule has 0 aliphatic heterocycles. The van der Waals surface area contributed by atoms with Gasteiger partial charge in [0, 0.05) is 5.92 Å². The van der Waals surface area contributed by atoms with E-state index in [0.29, 0.717) is 0 Å². The molecule has 0 saturated heterocycles. The smallest absolute Gasteiger partial charge is 0.303 e. The highest BCUT2D eigenvalue weighted by atomic mass is 31.2. The van der Waals surface area contributed by atoms with Crippen molar-refractivity contribution in [1.82, 2.24) is 0 Å². The minimum Gasteiger partial charge on any atom is -0.303 e. The largest absolute Gasteiger partial charge is 0.470 e. The molecule has 0 saturated carbocycles. The van der Waals surface area contributed by atoms with E-state index in [9.17, 15) is 4.57 Å². The number of allylic oxidation sites excluding steroid dienone is 2. The van der Waals surface area contributed by atoms with Gasteiger partial charge in [-0.05, 0) is 19.8 Å². The van der Waals surface area contributed by atoms with Crippen LogP contribution in [0.4, 0.5) is 0 Å². The molecule has 5 heteroatoms. The molecule has 0 heterocycles. The van der Waals surface area contributed by atoms with Gasteiger partial charge in [0.05, 0.1) is 0 Å². The zero-order valence-corrected chi connectivity index (χ0v) is 17.8. The van der Waals surface area contributed by atoms with Crippen molar-refractivity contribution in [2.24, 2.45) is 5.92 Å². The molecule has 0 radical (unpaired) electrons. The molecule has 1 aliphatic carbocycles. The average molecular weight is 387 g/mol. The molecule has 0 aromatic heterocycles. The molecule has 1 rings (SSSR count). The lowest BCUT2D eigenvalue weighted by molar-refractivity contribution is 0.0547. The fourth-order valence-electron chi connectivity index (χ4n) is 3.68. The fourth-order valence-corrected chi connectivity index (χ4v) is 4.41. The maximum atomic E-state index is 11.2. The van der Waals surface area contributed by atoms with E-state index in [1.807, 2.05) is 13.0 Å². The summed E-state index contributed by atoms with van der Waals surface area (Å²) in [6.45, 7) is 6.00. The van der Waals surface area contributed by atoms with Crippen molar-refractivity contribution in [2.45, 2.75) is 103 Å². The molecule has 1 aliphatic rings. The zero-order chi connectivity index (χ0) is 19.5. The summed E-state index contributed by atoms with van der Waals surface area (Å²) in [6, 6.07) is 0. The Labute approximate surface area is 160 Å². The first-order valence-corrected chi connectivity index (χ1v) is 12.0. The highest BCUT2D eigenvalue weighted by Gasteiger charge is 2.39. The van der Waals surface area contributed by atoms with Gasteiger partial charge >= 0.3 is 7.82 Å². The lowest BCUT2D eigenvalue weighted by atomic mass is 9.79. The van der Waals surface area contributed by atoms with Crippen LogP contribution in [-0.4, -0.2) is 15.4 Å². The van der Waals surface area contributed by atoms with Crippen LogP contribution in [0.5, 0.6) is 0 Å². The third-order valence-corrected chi connectivity index (χ3v) is 6.17. The molecule has 2 unspecified atom stereocenters. The minimum atomic E-state index is -4.50. The monoisotopic (exact) mass is 386 g/mol. The molecular weight excluding hydrogens is 347 g/mol. The van der Waals surface area contributed by atoms with Crippen LogP contribution >= 0.6 is 7.82 Å². The summed E-state index contributed by atoms with van der Waals surface area (Å²) >= 11 is 0. The lowest BCUT2D eigenvalue weighted by Crippen LogP contribution is -2.35. The first-order chi connectivity index (χ1) is 12.3. The van der Waals surface area contributed by atoms with Gasteiger partial charge in [-0.15, -0.1) is 0 Å². The molecule has 0 fully saturated rings. The van der Waals surface area contributed by atoms with Crippen LogP contribution in [0, 0.1) is 5.92 Å². The molecule has 152 valence electrons. The first kappa shape index (κ1) is 23.6. The molecule has 26 heavy (non-hydrogen) atoms. The fraction of sp³-hybridized carbons (Fsp3) is 0.810. The Kier molecular flexibility index (Phi) is 11.0. The van der Waals surface area contributed by atoms with Crippen molar-refractivity contribution in [2.75, 3.05) is 0 Å². The number of phosphoric ester groups is 1. The van der Waals surface area contributed by atoms with Gasteiger partial charge in [-0.25, -0.2) is 4.57 Å². The van der Waals surface area contributed by atoms with Gasteiger partial charge in [0.25, 0.3) is 0 Å². The predicted octanol–water partition coefficient (Wildman–Crippen LogP) is 6.69. The summed E-state index contributed by atoms with van der Waals surface area (Å²) < 4.78 is 16.3. The van der Waals surface area contributed by atoms with Crippen molar-refractivity contribution in [3.8, 4) is 0 Å². The van der Waals surface area contributed by atoms with Crippen molar-refractivity contribution in [1.29, 1.82) is 0 Å². The third-order valence-electron chi connectivity index (χ3n) is 5.54. The standard InChI is InChI=1S/C21H39O4P/c1-4-5-6-7-8-9-10-11-12-13-14-16-20-17-15-18-21(3,19(20)2)25-26(22,23)24/h15,17-19H,4-14,16H2,1-3H3,(H2,22,23,24). The van der Waals surface area contributed by atoms with E-state index in [1.54, 1.807) is 13.0 Å². The lowest BCUT2D eigenvalue weighted by Gasteiger charge is -2.36. The van der Waals surface area contributed by atoms with E-state index in [4.69, 9.17) is 14.3 Å². The molecular formula is C21H39O4P. The predicted molar refractivity (Wildman–Crippen MR) is 109 cm³/mol. The quantitative estimate of drug-likeness (QED) is 0.258. The second-order valence-corrected chi connectivity index (χ2v) is 9.04. The topological polar surface area (TPSA) is 66.8 Å². The minimum absolute atomic E-state index is 0.0248. The highest BCUT2D eigenvalue weighted by molar-refractivity contribution is 7.46. The van der Waals surface area contributed by atoms with Crippen molar-refractivity contribution in [3.63, 3.8) is 0 Å². The van der Waals surface area contributed by atoms with Crippen LogP contribution in [0.2, 0.25) is 0 Å². The average Bonchev–Trinajstić information content (AvgIpc) is 2.55. The molecule has 2 N–H and O–H groups in total. The van der Waals surface area contributed by atoms with Gasteiger partial charge in [0.15, 0.2) is 0 Å². The van der Waals surface area contributed by atoms with E-state index >= 15 is 0 Å². The molecule has 0 amide bonds. The van der Waals surface area contributed by atoms with E-state index in [0.717, 1.165) is 12.8 Å². The number of unbranched alkanes of at least 4 members (excludes halogenated alkanes) is 10. The first-order valence-electron chi connectivity index (χ1n) is 10.4. The summed E-state index contributed by atoms with van der Waals surface area (Å²) in [7, 11) is -4.50. The van der Waals surface area contributed by atoms with Crippen molar-refractivity contribution >= 4 is 7.82 Å². The Morgan fingerprint density at radius 3 is 2.00 bits per heavy atom. The Morgan fingerprint density at radius 1 is 1.00 bits per heavy atom. The van der Waals surface area contributed by atoms with Crippen LogP contribution in [0.25, 0.3) is 0 Å². The van der Waals surface area contributed by atoms with Gasteiger partial charge in [-0.3, -0.25) is 4.52 Å². The number of hydrogen-bond donors (Lipinski definition) is 2. The summed E-state index contributed by atoms with van der Waals surface area (Å²) in [5.41, 5.74) is 0.292. The second-order valence-electron chi connectivity index (χ2n) is 7.87. The van der Waals surface area contributed by atoms with Gasteiger partial charge in [-0.1, -0.05) is 102 Å². The Bertz CT molecular complexity index is 494. The van der Waals surface area contributed by atoms with Crippen LogP contribution < -0.4 is 0 Å². The number of hydrogen-bond acceptors (Lipinski definition) is 2. The third kappa shape index (κ3) is 9.50. The normalized spacial score (nSPS) is 23.3. The van der Waals surface area contributed by atoms with Crippen LogP contribution in [-0.2, 0) is 9.09 Å². The molecule has 0 spiro atoms. The van der Waals surface area contributed by atoms with Gasteiger partial charge < -0.3 is 9.79 Å². The maximum absolute atomic E-state index is 11.2. The summed E-state index contributed by atoms with van der Waals surface area (Å²) in [5, 5.41) is 0. The SMILES string of the molecule is CCCCCCCCCCCCCC1=CC=CC(C)(OP(=O)(O)O)C1C. The van der Waals surface area contributed by atoms with Crippen LogP contribution in [0.3, 0.4) is 0 Å². The highest BCUT2D eigenvalue weighted by Crippen LogP contribution is 2.47. The summed E-state index contributed by atoms with van der Waals surface area (Å²) in [4.78, 5) is 18.3. The van der Waals surface area contributed by atoms with Gasteiger partial charge in [0.2, 0.25) is 0 Å². The Morgan fingerprint density at radius 2 is 1.50 bits per heavy atom. The van der Waals surface area contributed by atoms with Gasteiger partial charge in [-0.2, -0.15) is 0 Å². The van der Waals surface area contributed by atoms with Gasteiger partial charge in [0.1, 0.15) is 5.60 Å². The molecule has 0 aromatic carbocycles. The van der Waals surface area contributed by atoms with E-state index in [1.165, 1.54) is 69.8 Å². The van der Waals surface area contributed by atoms with Crippen molar-refractivity contribution < 1.29 is 18.9 Å². The van der Waals surface area contributed by atoms with Crippen LogP contribution in [0.1, 0.15) is 97.8 Å². The summed E-state index contributed by atoms with van der Waals surface area (Å²) in [6.07, 6.45) is 21.2. The Hall–Kier alpha value is -0.410. The molecule has 4 nitrogen and oxygen atoms in total. The van der Waals surface area contributed by atoms with E-state index in [2.05, 4.69) is 13.0 Å². The molecule has 0 bridgehead atoms. The van der Waals surface area contributed by atoms with Crippen molar-refractivity contribution in [3.05, 3.63) is 23.8 Å². The Balaban J connectivity index is 2.16. The number of rotatable bonds is 14. The van der Waals surface area contributed by atoms with E-state index < -0.39 is 13.4 Å².